The number of carbonyl (C=O) groups is 1. The van der Waals surface area contributed by atoms with Gasteiger partial charge in [-0.1, -0.05) is 35.3 Å². The van der Waals surface area contributed by atoms with Crippen molar-refractivity contribution in [2.75, 3.05) is 12.8 Å². The molecule has 0 aliphatic heterocycles. The van der Waals surface area contributed by atoms with Gasteiger partial charge in [-0.15, -0.1) is 0 Å². The fourth-order valence-corrected chi connectivity index (χ4v) is 2.28. The van der Waals surface area contributed by atoms with Crippen LogP contribution in [0.4, 0.5) is 5.69 Å². The number of carbonyl (C=O) groups excluding carboxylic acids is 1. The maximum Gasteiger partial charge on any atom is 0.194 e. The summed E-state index contributed by atoms with van der Waals surface area (Å²) in [4.78, 5) is 12.4. The van der Waals surface area contributed by atoms with Crippen molar-refractivity contribution in [3.63, 3.8) is 0 Å². The molecule has 0 aliphatic carbocycles. The van der Waals surface area contributed by atoms with Crippen molar-refractivity contribution in [2.24, 2.45) is 0 Å². The van der Waals surface area contributed by atoms with Crippen molar-refractivity contribution in [1.82, 2.24) is 0 Å². The number of ketones is 1. The Hall–Kier alpha value is -1.71. The Balaban J connectivity index is 2.48. The molecule has 2 aromatic rings. The van der Waals surface area contributed by atoms with E-state index in [9.17, 15) is 4.79 Å². The highest BCUT2D eigenvalue weighted by Crippen LogP contribution is 2.32. The minimum atomic E-state index is -0.230. The van der Waals surface area contributed by atoms with Gasteiger partial charge in [0.05, 0.1) is 17.2 Å². The lowest BCUT2D eigenvalue weighted by molar-refractivity contribution is 0.103. The second kappa shape index (κ2) is 5.73. The molecule has 2 rings (SSSR count). The molecule has 2 aromatic carbocycles. The van der Waals surface area contributed by atoms with Crippen LogP contribution in [0, 0.1) is 6.92 Å². The van der Waals surface area contributed by atoms with Gasteiger partial charge >= 0.3 is 0 Å². The predicted molar refractivity (Wildman–Crippen MR) is 82.0 cm³/mol. The molecule has 20 heavy (non-hydrogen) atoms. The molecule has 2 N–H and O–H groups in total. The molecule has 0 unspecified atom stereocenters. The second-order valence-corrected chi connectivity index (χ2v) is 5.18. The molecule has 0 saturated heterocycles. The summed E-state index contributed by atoms with van der Waals surface area (Å²) in [7, 11) is 1.49. The molecule has 0 saturated carbocycles. The third-order valence-corrected chi connectivity index (χ3v) is 3.64. The summed E-state index contributed by atoms with van der Waals surface area (Å²) in [6, 6.07) is 8.16. The maximum absolute atomic E-state index is 12.4. The van der Waals surface area contributed by atoms with E-state index in [2.05, 4.69) is 0 Å². The number of methoxy groups -OCH3 is 1. The number of nitrogen functional groups attached to an aromatic ring is 1. The summed E-state index contributed by atoms with van der Waals surface area (Å²) in [6.07, 6.45) is 0. The van der Waals surface area contributed by atoms with Crippen LogP contribution in [0.1, 0.15) is 21.5 Å². The van der Waals surface area contributed by atoms with Crippen LogP contribution in [0.2, 0.25) is 10.0 Å². The third kappa shape index (κ3) is 2.74. The molecule has 104 valence electrons. The second-order valence-electron chi connectivity index (χ2n) is 4.37. The molecule has 0 aliphatic rings. The van der Waals surface area contributed by atoms with E-state index in [1.165, 1.54) is 19.2 Å². The zero-order valence-electron chi connectivity index (χ0n) is 11.0. The summed E-state index contributed by atoms with van der Waals surface area (Å²) >= 11 is 12.1. The Morgan fingerprint density at radius 2 is 1.85 bits per heavy atom. The van der Waals surface area contributed by atoms with E-state index in [-0.39, 0.29) is 10.8 Å². The molecule has 5 heteroatoms. The average Bonchev–Trinajstić information content (AvgIpc) is 2.43. The highest BCUT2D eigenvalue weighted by Gasteiger charge is 2.16. The van der Waals surface area contributed by atoms with Crippen molar-refractivity contribution in [3.05, 3.63) is 57.1 Å². The van der Waals surface area contributed by atoms with Gasteiger partial charge in [-0.3, -0.25) is 4.79 Å². The van der Waals surface area contributed by atoms with Gasteiger partial charge in [0.1, 0.15) is 5.75 Å². The SMILES string of the molecule is COc1cc(Cl)c(C(=O)c2ccc(C)c(N)c2)cc1Cl. The summed E-state index contributed by atoms with van der Waals surface area (Å²) < 4.78 is 5.05. The molecule has 0 heterocycles. The van der Waals surface area contributed by atoms with Crippen LogP contribution in [0.3, 0.4) is 0 Å². The van der Waals surface area contributed by atoms with Gasteiger partial charge in [0.15, 0.2) is 5.78 Å². The number of ether oxygens (including phenoxy) is 1. The van der Waals surface area contributed by atoms with Crippen LogP contribution >= 0.6 is 23.2 Å². The monoisotopic (exact) mass is 309 g/mol. The van der Waals surface area contributed by atoms with Crippen LogP contribution in [0.5, 0.6) is 5.75 Å². The first-order chi connectivity index (χ1) is 9.43. The summed E-state index contributed by atoms with van der Waals surface area (Å²) in [5.74, 6) is 0.197. The minimum Gasteiger partial charge on any atom is -0.495 e. The quantitative estimate of drug-likeness (QED) is 0.685. The van der Waals surface area contributed by atoms with Gasteiger partial charge < -0.3 is 10.5 Å². The van der Waals surface area contributed by atoms with E-state index in [4.69, 9.17) is 33.7 Å². The number of hydrogen-bond acceptors (Lipinski definition) is 3. The molecule has 0 bridgehead atoms. The highest BCUT2D eigenvalue weighted by atomic mass is 35.5. The normalized spacial score (nSPS) is 10.4. The standard InChI is InChI=1S/C15H13Cl2NO2/c1-8-3-4-9(5-13(8)18)15(19)10-6-12(17)14(20-2)7-11(10)16/h3-7H,18H2,1-2H3. The first kappa shape index (κ1) is 14.7. The van der Waals surface area contributed by atoms with E-state index < -0.39 is 0 Å². The number of hydrogen-bond donors (Lipinski definition) is 1. The first-order valence-electron chi connectivity index (χ1n) is 5.88. The zero-order valence-corrected chi connectivity index (χ0v) is 12.5. The number of benzene rings is 2. The van der Waals surface area contributed by atoms with Crippen molar-refractivity contribution in [1.29, 1.82) is 0 Å². The van der Waals surface area contributed by atoms with Crippen molar-refractivity contribution in [2.45, 2.75) is 6.92 Å². The van der Waals surface area contributed by atoms with Gasteiger partial charge in [0.2, 0.25) is 0 Å². The predicted octanol–water partition coefficient (Wildman–Crippen LogP) is 4.12. The zero-order chi connectivity index (χ0) is 14.9. The van der Waals surface area contributed by atoms with E-state index in [1.807, 2.05) is 6.92 Å². The molecular formula is C15H13Cl2NO2. The van der Waals surface area contributed by atoms with Crippen LogP contribution in [0.25, 0.3) is 0 Å². The molecule has 0 aromatic heterocycles. The minimum absolute atomic E-state index is 0.230. The number of aryl methyl sites for hydroxylation is 1. The highest BCUT2D eigenvalue weighted by molar-refractivity contribution is 6.37. The number of nitrogens with two attached hydrogens (primary N) is 1. The summed E-state index contributed by atoms with van der Waals surface area (Å²) in [5.41, 5.74) is 8.09. The molecule has 0 fully saturated rings. The summed E-state index contributed by atoms with van der Waals surface area (Å²) in [5, 5.41) is 0.621. The van der Waals surface area contributed by atoms with Crippen LogP contribution in [0.15, 0.2) is 30.3 Å². The summed E-state index contributed by atoms with van der Waals surface area (Å²) in [6.45, 7) is 1.88. The molecule has 3 nitrogen and oxygen atoms in total. The maximum atomic E-state index is 12.4. The lowest BCUT2D eigenvalue weighted by Gasteiger charge is -2.09. The number of halogens is 2. The average molecular weight is 310 g/mol. The fourth-order valence-electron chi connectivity index (χ4n) is 1.80. The fraction of sp³-hybridized carbons (Fsp3) is 0.133. The molecular weight excluding hydrogens is 297 g/mol. The molecule has 0 amide bonds. The van der Waals surface area contributed by atoms with Crippen LogP contribution in [-0.4, -0.2) is 12.9 Å². The number of rotatable bonds is 3. The van der Waals surface area contributed by atoms with Gasteiger partial charge in [-0.25, -0.2) is 0 Å². The third-order valence-electron chi connectivity index (χ3n) is 3.03. The van der Waals surface area contributed by atoms with Crippen molar-refractivity contribution in [3.8, 4) is 5.75 Å². The Morgan fingerprint density at radius 3 is 2.45 bits per heavy atom. The lowest BCUT2D eigenvalue weighted by atomic mass is 10.0. The largest absolute Gasteiger partial charge is 0.495 e. The van der Waals surface area contributed by atoms with Gasteiger partial charge in [-0.05, 0) is 24.6 Å². The topological polar surface area (TPSA) is 52.3 Å². The number of anilines is 1. The molecule has 0 atom stereocenters. The van der Waals surface area contributed by atoms with E-state index in [1.54, 1.807) is 18.2 Å². The smallest absolute Gasteiger partial charge is 0.194 e. The Morgan fingerprint density at radius 1 is 1.15 bits per heavy atom. The first-order valence-corrected chi connectivity index (χ1v) is 6.63. The van der Waals surface area contributed by atoms with E-state index in [0.29, 0.717) is 27.6 Å². The van der Waals surface area contributed by atoms with Crippen molar-refractivity contribution < 1.29 is 9.53 Å². The van der Waals surface area contributed by atoms with Crippen LogP contribution < -0.4 is 10.5 Å². The van der Waals surface area contributed by atoms with Gasteiger partial charge in [0.25, 0.3) is 0 Å². The lowest BCUT2D eigenvalue weighted by Crippen LogP contribution is -2.04. The Labute approximate surface area is 127 Å². The molecule has 0 radical (unpaired) electrons. The Kier molecular flexibility index (Phi) is 4.21. The van der Waals surface area contributed by atoms with E-state index in [0.717, 1.165) is 5.56 Å². The Bertz CT molecular complexity index is 684. The molecule has 0 spiro atoms. The van der Waals surface area contributed by atoms with Gasteiger partial charge in [0, 0.05) is 22.9 Å². The van der Waals surface area contributed by atoms with E-state index >= 15 is 0 Å². The van der Waals surface area contributed by atoms with Gasteiger partial charge in [-0.2, -0.15) is 0 Å². The van der Waals surface area contributed by atoms with Crippen LogP contribution in [-0.2, 0) is 0 Å². The van der Waals surface area contributed by atoms with Crippen molar-refractivity contribution >= 4 is 34.7 Å².